The van der Waals surface area contributed by atoms with Gasteiger partial charge in [-0.05, 0) is 32.1 Å². The summed E-state index contributed by atoms with van der Waals surface area (Å²) in [6, 6.07) is 0. The predicted molar refractivity (Wildman–Crippen MR) is 102 cm³/mol. The summed E-state index contributed by atoms with van der Waals surface area (Å²) in [6.07, 6.45) is 2.93. The first-order valence-corrected chi connectivity index (χ1v) is 10.3. The van der Waals surface area contributed by atoms with Gasteiger partial charge in [0.15, 0.2) is 9.66 Å². The third-order valence-electron chi connectivity index (χ3n) is 4.51. The van der Waals surface area contributed by atoms with Crippen LogP contribution in [-0.2, 0) is 20.4 Å². The number of hydrogen-bond donors (Lipinski definition) is 1. The minimum atomic E-state index is -1.02. The van der Waals surface area contributed by atoms with E-state index in [9.17, 15) is 14.7 Å². The molecule has 0 aliphatic carbocycles. The fourth-order valence-corrected chi connectivity index (χ4v) is 5.09. The second-order valence-electron chi connectivity index (χ2n) is 7.89. The van der Waals surface area contributed by atoms with Gasteiger partial charge in [-0.2, -0.15) is 0 Å². The Kier molecular flexibility index (Phi) is 8.88. The van der Waals surface area contributed by atoms with Crippen LogP contribution in [0.5, 0.6) is 0 Å². The molecule has 0 radical (unpaired) electrons. The smallest absolute Gasteiger partial charge is 0.550 e. The maximum Gasteiger partial charge on any atom is 1.00 e. The van der Waals surface area contributed by atoms with Gasteiger partial charge in [-0.1, -0.05) is 50.4 Å². The SMILES string of the molecule is CC(C)(CCCC(=O)[O-])c1nc2sc(C(C)(C)CCCC(=O)O)nc2s1.[Na+]. The van der Waals surface area contributed by atoms with Crippen LogP contribution in [0.3, 0.4) is 0 Å². The van der Waals surface area contributed by atoms with E-state index in [-0.39, 0.29) is 53.2 Å². The van der Waals surface area contributed by atoms with Crippen molar-refractivity contribution in [3.63, 3.8) is 0 Å². The van der Waals surface area contributed by atoms with Crippen molar-refractivity contribution >= 4 is 44.3 Å². The molecule has 2 heterocycles. The Morgan fingerprint density at radius 1 is 0.926 bits per heavy atom. The van der Waals surface area contributed by atoms with Crippen molar-refractivity contribution in [2.75, 3.05) is 0 Å². The summed E-state index contributed by atoms with van der Waals surface area (Å²) < 4.78 is 0. The molecule has 0 saturated heterocycles. The predicted octanol–water partition coefficient (Wildman–Crippen LogP) is 0.487. The molecule has 0 aromatic carbocycles. The van der Waals surface area contributed by atoms with Crippen LogP contribution in [0.4, 0.5) is 0 Å². The van der Waals surface area contributed by atoms with Crippen molar-refractivity contribution in [1.29, 1.82) is 0 Å². The van der Waals surface area contributed by atoms with Gasteiger partial charge in [0.2, 0.25) is 0 Å². The monoisotopic (exact) mass is 420 g/mol. The van der Waals surface area contributed by atoms with E-state index in [0.717, 1.165) is 32.5 Å². The van der Waals surface area contributed by atoms with Crippen LogP contribution in [0, 0.1) is 0 Å². The zero-order valence-corrected chi connectivity index (χ0v) is 20.3. The fourth-order valence-electron chi connectivity index (χ4n) is 2.79. The molecule has 2 rings (SSSR count). The van der Waals surface area contributed by atoms with Gasteiger partial charge in [0.1, 0.15) is 10.0 Å². The molecular formula is C18H25N2NaO4S2. The Hall–Kier alpha value is -0.540. The van der Waals surface area contributed by atoms with Crippen LogP contribution in [0.15, 0.2) is 0 Å². The Labute approximate surface area is 189 Å². The summed E-state index contributed by atoms with van der Waals surface area (Å²) in [7, 11) is 0. The number of carbonyl (C=O) groups is 2. The number of carbonyl (C=O) groups excluding carboxylic acids is 1. The van der Waals surface area contributed by atoms with Crippen molar-refractivity contribution in [2.45, 2.75) is 77.0 Å². The third-order valence-corrected chi connectivity index (χ3v) is 7.27. The molecular weight excluding hydrogens is 395 g/mol. The Bertz CT molecular complexity index is 705. The standard InChI is InChI=1S/C18H26N2O4S2.Na/c1-17(2,9-5-7-11(21)22)15-19-13-14(25-15)20-16(26-13)18(3,4)10-6-8-12(23)24;/h5-10H2,1-4H3,(H,21,22)(H,23,24);/q;+1/p-1. The number of thiazole rings is 2. The second-order valence-corrected chi connectivity index (χ2v) is 9.84. The van der Waals surface area contributed by atoms with Crippen molar-refractivity contribution < 1.29 is 49.4 Å². The van der Waals surface area contributed by atoms with Gasteiger partial charge in [-0.15, -0.1) is 0 Å². The summed E-state index contributed by atoms with van der Waals surface area (Å²) in [4.78, 5) is 32.6. The summed E-state index contributed by atoms with van der Waals surface area (Å²) in [5, 5.41) is 21.4. The molecule has 9 heteroatoms. The zero-order valence-electron chi connectivity index (χ0n) is 16.6. The molecule has 2 aromatic heterocycles. The van der Waals surface area contributed by atoms with E-state index in [4.69, 9.17) is 15.1 Å². The molecule has 0 aliphatic rings. The molecule has 0 spiro atoms. The minimum Gasteiger partial charge on any atom is -0.550 e. The largest absolute Gasteiger partial charge is 1.00 e. The van der Waals surface area contributed by atoms with E-state index in [1.165, 1.54) is 0 Å². The van der Waals surface area contributed by atoms with E-state index in [1.807, 2.05) is 0 Å². The van der Waals surface area contributed by atoms with Crippen molar-refractivity contribution in [3.05, 3.63) is 10.0 Å². The summed E-state index contributed by atoms with van der Waals surface area (Å²) in [5.74, 6) is -1.79. The van der Waals surface area contributed by atoms with Crippen LogP contribution < -0.4 is 34.7 Å². The first kappa shape index (κ1) is 24.5. The van der Waals surface area contributed by atoms with E-state index >= 15 is 0 Å². The van der Waals surface area contributed by atoms with E-state index in [1.54, 1.807) is 22.7 Å². The summed E-state index contributed by atoms with van der Waals surface area (Å²) >= 11 is 3.13. The van der Waals surface area contributed by atoms with Crippen molar-refractivity contribution in [2.24, 2.45) is 0 Å². The molecule has 0 unspecified atom stereocenters. The van der Waals surface area contributed by atoms with E-state index in [2.05, 4.69) is 27.7 Å². The number of rotatable bonds is 10. The van der Waals surface area contributed by atoms with Gasteiger partial charge in [0.25, 0.3) is 0 Å². The molecule has 0 amide bonds. The second kappa shape index (κ2) is 9.78. The number of hydrogen-bond acceptors (Lipinski definition) is 7. The molecule has 6 nitrogen and oxygen atoms in total. The zero-order chi connectivity index (χ0) is 19.5. The molecule has 0 bridgehead atoms. The summed E-state index contributed by atoms with van der Waals surface area (Å²) in [6.45, 7) is 8.31. The maximum absolute atomic E-state index is 10.7. The Morgan fingerprint density at radius 2 is 1.33 bits per heavy atom. The normalized spacial score (nSPS) is 12.1. The first-order valence-electron chi connectivity index (χ1n) is 8.71. The Balaban J connectivity index is 0.00000364. The molecule has 0 saturated carbocycles. The van der Waals surface area contributed by atoms with E-state index in [0.29, 0.717) is 12.8 Å². The number of fused-ring (bicyclic) bond motifs is 1. The van der Waals surface area contributed by atoms with Gasteiger partial charge in [-0.3, -0.25) is 4.79 Å². The maximum atomic E-state index is 10.7. The molecule has 0 atom stereocenters. The van der Waals surface area contributed by atoms with Crippen LogP contribution >= 0.6 is 22.7 Å². The topological polar surface area (TPSA) is 103 Å². The minimum absolute atomic E-state index is 0. The summed E-state index contributed by atoms with van der Waals surface area (Å²) in [5.41, 5.74) is -0.373. The molecule has 144 valence electrons. The van der Waals surface area contributed by atoms with Crippen LogP contribution in [-0.4, -0.2) is 27.0 Å². The molecule has 0 fully saturated rings. The number of nitrogens with zero attached hydrogens (tertiary/aromatic N) is 2. The van der Waals surface area contributed by atoms with Crippen molar-refractivity contribution in [3.8, 4) is 0 Å². The van der Waals surface area contributed by atoms with Crippen LogP contribution in [0.2, 0.25) is 0 Å². The average Bonchev–Trinajstić information content (AvgIpc) is 3.04. The quantitative estimate of drug-likeness (QED) is 0.561. The van der Waals surface area contributed by atoms with Crippen LogP contribution in [0.25, 0.3) is 9.66 Å². The third kappa shape index (κ3) is 6.78. The van der Waals surface area contributed by atoms with Gasteiger partial charge in [0.05, 0.1) is 0 Å². The van der Waals surface area contributed by atoms with Crippen LogP contribution in [0.1, 0.15) is 76.2 Å². The van der Waals surface area contributed by atoms with Gasteiger partial charge in [-0.25, -0.2) is 9.97 Å². The number of aromatic nitrogens is 2. The molecule has 1 N–H and O–H groups in total. The van der Waals surface area contributed by atoms with E-state index < -0.39 is 11.9 Å². The molecule has 0 aliphatic heterocycles. The fraction of sp³-hybridized carbons (Fsp3) is 0.667. The van der Waals surface area contributed by atoms with Gasteiger partial charge < -0.3 is 15.0 Å². The number of aliphatic carboxylic acids is 2. The average molecular weight is 421 g/mol. The van der Waals surface area contributed by atoms with Crippen molar-refractivity contribution in [1.82, 2.24) is 9.97 Å². The first-order chi connectivity index (χ1) is 12.0. The molecule has 2 aromatic rings. The Morgan fingerprint density at radius 3 is 1.70 bits per heavy atom. The van der Waals surface area contributed by atoms with Gasteiger partial charge in [0, 0.05) is 23.2 Å². The molecule has 27 heavy (non-hydrogen) atoms. The number of carboxylic acid groups (broad SMARTS) is 2. The number of carboxylic acids is 2. The van der Waals surface area contributed by atoms with Gasteiger partial charge >= 0.3 is 35.5 Å².